The van der Waals surface area contributed by atoms with E-state index < -0.39 is 10.8 Å². The number of aromatic nitrogens is 2. The first-order valence-corrected chi connectivity index (χ1v) is 11.2. The van der Waals surface area contributed by atoms with Crippen molar-refractivity contribution in [2.45, 2.75) is 18.2 Å². The topological polar surface area (TPSA) is 156 Å². The van der Waals surface area contributed by atoms with Crippen LogP contribution in [0, 0.1) is 17.0 Å². The largest absolute Gasteiger partial charge is 0.326 e. The van der Waals surface area contributed by atoms with Crippen LogP contribution in [0.1, 0.15) is 22.8 Å². The normalized spacial score (nSPS) is 10.4. The standard InChI is InChI=1S/C20H18N6O5S2/c1-11-6-7-13(8-16(11)26(30)31)18(29)23-19-24-25-20(33-19)32-10-17(28)22-15-5-3-4-14(9-15)21-12(2)27/h3-9H,10H2,1-2H3,(H,21,27)(H,22,28)(H,23,24,29). The van der Waals surface area contributed by atoms with Crippen LogP contribution in [0.3, 0.4) is 0 Å². The molecule has 0 radical (unpaired) electrons. The summed E-state index contributed by atoms with van der Waals surface area (Å²) in [6, 6.07) is 10.9. The summed E-state index contributed by atoms with van der Waals surface area (Å²) in [5.74, 6) is -0.999. The fraction of sp³-hybridized carbons (Fsp3) is 0.150. The highest BCUT2D eigenvalue weighted by atomic mass is 32.2. The van der Waals surface area contributed by atoms with Gasteiger partial charge in [0.1, 0.15) is 0 Å². The summed E-state index contributed by atoms with van der Waals surface area (Å²) in [6.45, 7) is 2.98. The van der Waals surface area contributed by atoms with Gasteiger partial charge in [0.15, 0.2) is 4.34 Å². The predicted molar refractivity (Wildman–Crippen MR) is 126 cm³/mol. The number of amides is 3. The maximum atomic E-state index is 12.4. The van der Waals surface area contributed by atoms with Gasteiger partial charge in [0.2, 0.25) is 16.9 Å². The van der Waals surface area contributed by atoms with Crippen LogP contribution in [0.2, 0.25) is 0 Å². The van der Waals surface area contributed by atoms with E-state index in [0.717, 1.165) is 23.1 Å². The molecule has 2 aromatic carbocycles. The summed E-state index contributed by atoms with van der Waals surface area (Å²) in [4.78, 5) is 46.3. The van der Waals surface area contributed by atoms with Crippen LogP contribution >= 0.6 is 23.1 Å². The molecule has 0 fully saturated rings. The minimum absolute atomic E-state index is 0.0527. The maximum absolute atomic E-state index is 12.4. The van der Waals surface area contributed by atoms with E-state index in [4.69, 9.17) is 0 Å². The SMILES string of the molecule is CC(=O)Nc1cccc(NC(=O)CSc2nnc(NC(=O)c3ccc(C)c([N+](=O)[O-])c3)s2)c1. The smallest absolute Gasteiger partial charge is 0.273 e. The molecule has 3 N–H and O–H groups in total. The van der Waals surface area contributed by atoms with Gasteiger partial charge >= 0.3 is 0 Å². The quantitative estimate of drug-likeness (QED) is 0.188. The van der Waals surface area contributed by atoms with Gasteiger partial charge in [0, 0.05) is 35.5 Å². The molecule has 0 atom stereocenters. The number of carbonyl (C=O) groups excluding carboxylic acids is 3. The summed E-state index contributed by atoms with van der Waals surface area (Å²) < 4.78 is 0.460. The lowest BCUT2D eigenvalue weighted by atomic mass is 10.1. The number of benzene rings is 2. The minimum atomic E-state index is -0.553. The molecule has 1 heterocycles. The van der Waals surface area contributed by atoms with E-state index in [-0.39, 0.29) is 33.9 Å². The van der Waals surface area contributed by atoms with Crippen molar-refractivity contribution in [1.29, 1.82) is 0 Å². The van der Waals surface area contributed by atoms with E-state index in [1.165, 1.54) is 25.1 Å². The first-order chi connectivity index (χ1) is 15.7. The molecule has 0 aliphatic rings. The molecule has 0 unspecified atom stereocenters. The molecule has 0 saturated carbocycles. The zero-order chi connectivity index (χ0) is 24.0. The Morgan fingerprint density at radius 2 is 1.79 bits per heavy atom. The van der Waals surface area contributed by atoms with Gasteiger partial charge in [0.05, 0.1) is 10.7 Å². The van der Waals surface area contributed by atoms with Gasteiger partial charge < -0.3 is 10.6 Å². The first-order valence-electron chi connectivity index (χ1n) is 9.41. The Morgan fingerprint density at radius 1 is 1.06 bits per heavy atom. The molecule has 170 valence electrons. The third kappa shape index (κ3) is 6.82. The molecule has 13 heteroatoms. The monoisotopic (exact) mass is 486 g/mol. The predicted octanol–water partition coefficient (Wildman–Crippen LogP) is 3.70. The second-order valence-electron chi connectivity index (χ2n) is 6.68. The fourth-order valence-electron chi connectivity index (χ4n) is 2.64. The van der Waals surface area contributed by atoms with Gasteiger partial charge in [-0.1, -0.05) is 35.2 Å². The van der Waals surface area contributed by atoms with E-state index in [2.05, 4.69) is 26.1 Å². The number of nitro benzene ring substituents is 1. The number of nitro groups is 1. The lowest BCUT2D eigenvalue weighted by molar-refractivity contribution is -0.385. The van der Waals surface area contributed by atoms with Crippen LogP contribution in [0.15, 0.2) is 46.8 Å². The lowest BCUT2D eigenvalue weighted by Gasteiger charge is -2.07. The second-order valence-corrected chi connectivity index (χ2v) is 8.88. The van der Waals surface area contributed by atoms with Gasteiger partial charge in [-0.15, -0.1) is 10.2 Å². The highest BCUT2D eigenvalue weighted by Gasteiger charge is 2.17. The highest BCUT2D eigenvalue weighted by Crippen LogP contribution is 2.27. The number of thioether (sulfide) groups is 1. The number of hydrogen-bond acceptors (Lipinski definition) is 9. The van der Waals surface area contributed by atoms with Gasteiger partial charge in [-0.3, -0.25) is 29.8 Å². The van der Waals surface area contributed by atoms with Crippen LogP contribution in [0.4, 0.5) is 22.2 Å². The van der Waals surface area contributed by atoms with Gasteiger partial charge in [0.25, 0.3) is 11.6 Å². The number of aryl methyl sites for hydroxylation is 1. The Bertz CT molecular complexity index is 1230. The molecule has 3 aromatic rings. The average molecular weight is 487 g/mol. The van der Waals surface area contributed by atoms with Gasteiger partial charge in [-0.2, -0.15) is 0 Å². The van der Waals surface area contributed by atoms with Gasteiger partial charge in [-0.05, 0) is 31.2 Å². The fourth-order valence-corrected chi connectivity index (χ4v) is 4.18. The molecule has 3 rings (SSSR count). The maximum Gasteiger partial charge on any atom is 0.273 e. The van der Waals surface area contributed by atoms with Crippen molar-refractivity contribution in [2.24, 2.45) is 0 Å². The molecule has 33 heavy (non-hydrogen) atoms. The molecule has 0 spiro atoms. The van der Waals surface area contributed by atoms with Crippen molar-refractivity contribution in [3.05, 3.63) is 63.7 Å². The van der Waals surface area contributed by atoms with E-state index in [0.29, 0.717) is 21.3 Å². The number of anilines is 3. The molecule has 1 aromatic heterocycles. The third-order valence-corrected chi connectivity index (χ3v) is 6.06. The number of carbonyl (C=O) groups is 3. The van der Waals surface area contributed by atoms with Crippen molar-refractivity contribution in [3.63, 3.8) is 0 Å². The molecule has 3 amide bonds. The van der Waals surface area contributed by atoms with Crippen LogP contribution in [-0.4, -0.2) is 38.6 Å². The highest BCUT2D eigenvalue weighted by molar-refractivity contribution is 8.01. The Kier molecular flexibility index (Phi) is 7.69. The van der Waals surface area contributed by atoms with Gasteiger partial charge in [-0.25, -0.2) is 0 Å². The van der Waals surface area contributed by atoms with Crippen LogP contribution < -0.4 is 16.0 Å². The Hall–Kier alpha value is -3.84. The van der Waals surface area contributed by atoms with E-state index >= 15 is 0 Å². The van der Waals surface area contributed by atoms with Crippen molar-refractivity contribution in [2.75, 3.05) is 21.7 Å². The molecular formula is C20H18N6O5S2. The summed E-state index contributed by atoms with van der Waals surface area (Å²) in [5, 5.41) is 27.0. The number of nitrogens with zero attached hydrogens (tertiary/aromatic N) is 3. The van der Waals surface area contributed by atoms with E-state index in [1.807, 2.05) is 0 Å². The Balaban J connectivity index is 1.54. The molecule has 0 aliphatic heterocycles. The second kappa shape index (κ2) is 10.7. The third-order valence-electron chi connectivity index (χ3n) is 4.09. The van der Waals surface area contributed by atoms with Crippen molar-refractivity contribution < 1.29 is 19.3 Å². The molecule has 0 bridgehead atoms. The van der Waals surface area contributed by atoms with E-state index in [1.54, 1.807) is 31.2 Å². The molecule has 11 nitrogen and oxygen atoms in total. The summed E-state index contributed by atoms with van der Waals surface area (Å²) in [6.07, 6.45) is 0. The number of rotatable bonds is 8. The van der Waals surface area contributed by atoms with Crippen molar-refractivity contribution in [3.8, 4) is 0 Å². The summed E-state index contributed by atoms with van der Waals surface area (Å²) in [7, 11) is 0. The van der Waals surface area contributed by atoms with Crippen molar-refractivity contribution >= 4 is 63.0 Å². The lowest BCUT2D eigenvalue weighted by Crippen LogP contribution is -2.14. The van der Waals surface area contributed by atoms with Crippen LogP contribution in [0.25, 0.3) is 0 Å². The van der Waals surface area contributed by atoms with Crippen LogP contribution in [0.5, 0.6) is 0 Å². The molecule has 0 saturated heterocycles. The zero-order valence-electron chi connectivity index (χ0n) is 17.4. The molecular weight excluding hydrogens is 468 g/mol. The van der Waals surface area contributed by atoms with Crippen molar-refractivity contribution in [1.82, 2.24) is 10.2 Å². The number of nitrogens with one attached hydrogen (secondary N) is 3. The first kappa shape index (κ1) is 23.8. The average Bonchev–Trinajstić information content (AvgIpc) is 3.19. The number of hydrogen-bond donors (Lipinski definition) is 3. The molecule has 0 aliphatic carbocycles. The van der Waals surface area contributed by atoms with Crippen LogP contribution in [-0.2, 0) is 9.59 Å². The Morgan fingerprint density at radius 3 is 2.48 bits per heavy atom. The summed E-state index contributed by atoms with van der Waals surface area (Å²) in [5.41, 5.74) is 1.52. The van der Waals surface area contributed by atoms with E-state index in [9.17, 15) is 24.5 Å². The summed E-state index contributed by atoms with van der Waals surface area (Å²) >= 11 is 2.21. The zero-order valence-corrected chi connectivity index (χ0v) is 19.1. The Labute approximate surface area is 196 Å². The minimum Gasteiger partial charge on any atom is -0.326 e.